The molecule has 0 fully saturated rings. The number of nitrogens with zero attached hydrogens (tertiary/aromatic N) is 2. The summed E-state index contributed by atoms with van der Waals surface area (Å²) in [6, 6.07) is 4.99. The van der Waals surface area contributed by atoms with Crippen molar-refractivity contribution in [2.24, 2.45) is 0 Å². The Balaban J connectivity index is 3.18. The largest absolute Gasteiger partial charge is 0.392 e. The van der Waals surface area contributed by atoms with Crippen LogP contribution in [0.1, 0.15) is 32.8 Å². The predicted molar refractivity (Wildman–Crippen MR) is 71.8 cm³/mol. The molecule has 5 nitrogen and oxygen atoms in total. The quantitative estimate of drug-likeness (QED) is 0.624. The van der Waals surface area contributed by atoms with Gasteiger partial charge in [0.05, 0.1) is 11.5 Å². The first kappa shape index (κ1) is 14.4. The van der Waals surface area contributed by atoms with Crippen LogP contribution in [0.3, 0.4) is 0 Å². The number of aliphatic hydroxyl groups excluding tert-OH is 1. The number of anilines is 1. The number of benzene rings is 1. The van der Waals surface area contributed by atoms with Crippen molar-refractivity contribution in [2.75, 3.05) is 11.4 Å². The van der Waals surface area contributed by atoms with Gasteiger partial charge in [0, 0.05) is 36.0 Å². The second-order valence-corrected chi connectivity index (χ2v) is 4.27. The van der Waals surface area contributed by atoms with Crippen LogP contribution in [0.4, 0.5) is 11.4 Å². The van der Waals surface area contributed by atoms with Gasteiger partial charge in [0.25, 0.3) is 5.69 Å². The van der Waals surface area contributed by atoms with Gasteiger partial charge in [0.2, 0.25) is 0 Å². The van der Waals surface area contributed by atoms with E-state index in [-0.39, 0.29) is 12.3 Å². The molecule has 0 aliphatic heterocycles. The molecule has 1 aromatic carbocycles. The highest BCUT2D eigenvalue weighted by Crippen LogP contribution is 2.27. The zero-order chi connectivity index (χ0) is 13.7. The fraction of sp³-hybridized carbons (Fsp3) is 0.538. The summed E-state index contributed by atoms with van der Waals surface area (Å²) in [5, 5.41) is 20.1. The van der Waals surface area contributed by atoms with Gasteiger partial charge >= 0.3 is 0 Å². The van der Waals surface area contributed by atoms with Crippen molar-refractivity contribution in [1.82, 2.24) is 0 Å². The van der Waals surface area contributed by atoms with Gasteiger partial charge in [0.15, 0.2) is 0 Å². The number of non-ortho nitro benzene ring substituents is 1. The molecule has 1 rings (SSSR count). The topological polar surface area (TPSA) is 66.6 Å². The van der Waals surface area contributed by atoms with Gasteiger partial charge in [-0.15, -0.1) is 0 Å². The smallest absolute Gasteiger partial charge is 0.269 e. The highest BCUT2D eigenvalue weighted by atomic mass is 16.6. The normalized spacial score (nSPS) is 12.2. The third-order valence-electron chi connectivity index (χ3n) is 3.22. The molecule has 0 saturated carbocycles. The Labute approximate surface area is 107 Å². The minimum Gasteiger partial charge on any atom is -0.392 e. The van der Waals surface area contributed by atoms with E-state index in [1.165, 1.54) is 12.1 Å². The maximum atomic E-state index is 10.7. The summed E-state index contributed by atoms with van der Waals surface area (Å²) >= 11 is 0. The van der Waals surface area contributed by atoms with E-state index in [2.05, 4.69) is 18.7 Å². The first-order chi connectivity index (χ1) is 8.54. The van der Waals surface area contributed by atoms with Gasteiger partial charge in [-0.3, -0.25) is 10.1 Å². The Morgan fingerprint density at radius 3 is 2.56 bits per heavy atom. The summed E-state index contributed by atoms with van der Waals surface area (Å²) in [6.45, 7) is 6.85. The van der Waals surface area contributed by atoms with E-state index in [4.69, 9.17) is 0 Å². The van der Waals surface area contributed by atoms with Crippen molar-refractivity contribution in [1.29, 1.82) is 0 Å². The highest BCUT2D eigenvalue weighted by molar-refractivity contribution is 5.58. The van der Waals surface area contributed by atoms with Crippen molar-refractivity contribution in [3.05, 3.63) is 33.9 Å². The summed E-state index contributed by atoms with van der Waals surface area (Å²) in [5.74, 6) is 0. The zero-order valence-corrected chi connectivity index (χ0v) is 11.1. The summed E-state index contributed by atoms with van der Waals surface area (Å²) in [6.07, 6.45) is 0.982. The second-order valence-electron chi connectivity index (χ2n) is 4.27. The van der Waals surface area contributed by atoms with Crippen LogP contribution in [0.15, 0.2) is 18.2 Å². The van der Waals surface area contributed by atoms with E-state index in [0.29, 0.717) is 11.6 Å². The average molecular weight is 252 g/mol. The molecular weight excluding hydrogens is 232 g/mol. The molecule has 1 unspecified atom stereocenters. The molecule has 0 aromatic heterocycles. The zero-order valence-electron chi connectivity index (χ0n) is 11.1. The van der Waals surface area contributed by atoms with Crippen molar-refractivity contribution in [3.63, 3.8) is 0 Å². The number of hydrogen-bond donors (Lipinski definition) is 1. The highest BCUT2D eigenvalue weighted by Gasteiger charge is 2.17. The Morgan fingerprint density at radius 1 is 1.44 bits per heavy atom. The number of aliphatic hydroxyl groups is 1. The maximum absolute atomic E-state index is 10.7. The minimum absolute atomic E-state index is 0.0167. The fourth-order valence-corrected chi connectivity index (χ4v) is 2.03. The Bertz CT molecular complexity index is 421. The minimum atomic E-state index is -0.442. The first-order valence-electron chi connectivity index (χ1n) is 6.19. The molecule has 0 spiro atoms. The Kier molecular flexibility index (Phi) is 5.09. The van der Waals surface area contributed by atoms with E-state index in [1.807, 2.05) is 6.92 Å². The lowest BCUT2D eigenvalue weighted by Crippen LogP contribution is -2.33. The van der Waals surface area contributed by atoms with Crippen LogP contribution in [0.5, 0.6) is 0 Å². The lowest BCUT2D eigenvalue weighted by Gasteiger charge is -2.31. The maximum Gasteiger partial charge on any atom is 0.269 e. The van der Waals surface area contributed by atoms with E-state index < -0.39 is 4.92 Å². The average Bonchev–Trinajstić information content (AvgIpc) is 2.39. The Hall–Kier alpha value is -1.62. The summed E-state index contributed by atoms with van der Waals surface area (Å²) in [4.78, 5) is 12.4. The van der Waals surface area contributed by atoms with Gasteiger partial charge in [-0.25, -0.2) is 0 Å². The second kappa shape index (κ2) is 6.35. The lowest BCUT2D eigenvalue weighted by atomic mass is 10.1. The fourth-order valence-electron chi connectivity index (χ4n) is 2.03. The monoisotopic (exact) mass is 252 g/mol. The lowest BCUT2D eigenvalue weighted by molar-refractivity contribution is -0.384. The number of nitro benzene ring substituents is 1. The van der Waals surface area contributed by atoms with E-state index >= 15 is 0 Å². The van der Waals surface area contributed by atoms with Crippen LogP contribution in [0.25, 0.3) is 0 Å². The van der Waals surface area contributed by atoms with Crippen LogP contribution in [0, 0.1) is 10.1 Å². The number of rotatable bonds is 6. The third kappa shape index (κ3) is 2.98. The molecule has 1 aromatic rings. The van der Waals surface area contributed by atoms with Crippen molar-refractivity contribution >= 4 is 11.4 Å². The van der Waals surface area contributed by atoms with Crippen LogP contribution < -0.4 is 4.90 Å². The number of hydrogen-bond acceptors (Lipinski definition) is 4. The molecule has 0 radical (unpaired) electrons. The molecule has 0 aliphatic rings. The molecule has 0 heterocycles. The summed E-state index contributed by atoms with van der Waals surface area (Å²) in [5.41, 5.74) is 1.49. The van der Waals surface area contributed by atoms with Crippen LogP contribution >= 0.6 is 0 Å². The molecule has 100 valence electrons. The number of nitro groups is 1. The van der Waals surface area contributed by atoms with Gasteiger partial charge in [0.1, 0.15) is 0 Å². The molecule has 5 heteroatoms. The molecular formula is C13H20N2O3. The predicted octanol–water partition coefficient (Wildman–Crippen LogP) is 2.71. The van der Waals surface area contributed by atoms with Gasteiger partial charge in [-0.05, 0) is 26.3 Å². The standard InChI is InChI=1S/C13H20N2O3/c1-4-10(3)14(5-2)13-7-6-12(15(17)18)8-11(13)9-16/h6-8,10,16H,4-5,9H2,1-3H3. The van der Waals surface area contributed by atoms with E-state index in [9.17, 15) is 15.2 Å². The van der Waals surface area contributed by atoms with Crippen LogP contribution in [-0.2, 0) is 6.61 Å². The van der Waals surface area contributed by atoms with Crippen molar-refractivity contribution < 1.29 is 10.0 Å². The first-order valence-corrected chi connectivity index (χ1v) is 6.19. The van der Waals surface area contributed by atoms with Gasteiger partial charge < -0.3 is 10.0 Å². The van der Waals surface area contributed by atoms with Crippen molar-refractivity contribution in [3.8, 4) is 0 Å². The molecule has 18 heavy (non-hydrogen) atoms. The molecule has 0 saturated heterocycles. The van der Waals surface area contributed by atoms with E-state index in [0.717, 1.165) is 18.7 Å². The molecule has 1 atom stereocenters. The molecule has 0 bridgehead atoms. The summed E-state index contributed by atoms with van der Waals surface area (Å²) < 4.78 is 0. The van der Waals surface area contributed by atoms with Gasteiger partial charge in [-0.1, -0.05) is 6.92 Å². The third-order valence-corrected chi connectivity index (χ3v) is 3.22. The SMILES string of the molecule is CCC(C)N(CC)c1ccc([N+](=O)[O-])cc1CO. The van der Waals surface area contributed by atoms with Crippen molar-refractivity contribution in [2.45, 2.75) is 39.8 Å². The van der Waals surface area contributed by atoms with Crippen LogP contribution in [-0.4, -0.2) is 22.6 Å². The van der Waals surface area contributed by atoms with Gasteiger partial charge in [-0.2, -0.15) is 0 Å². The van der Waals surface area contributed by atoms with Crippen LogP contribution in [0.2, 0.25) is 0 Å². The summed E-state index contributed by atoms with van der Waals surface area (Å²) in [7, 11) is 0. The molecule has 0 amide bonds. The molecule has 0 aliphatic carbocycles. The van der Waals surface area contributed by atoms with E-state index in [1.54, 1.807) is 6.07 Å². The Morgan fingerprint density at radius 2 is 2.11 bits per heavy atom. The molecule has 1 N–H and O–H groups in total.